The third kappa shape index (κ3) is 1.29. The average molecular weight is 140 g/mol. The molecule has 0 N–H and O–H groups in total. The molecule has 0 aliphatic carbocycles. The second-order valence-corrected chi connectivity index (χ2v) is 3.73. The number of allylic oxidation sites excluding steroid dienone is 2. The molecule has 2 heteroatoms. The Morgan fingerprint density at radius 2 is 2.67 bits per heavy atom. The van der Waals surface area contributed by atoms with E-state index in [4.69, 9.17) is 6.42 Å². The summed E-state index contributed by atoms with van der Waals surface area (Å²) in [5, 5.41) is 0. The van der Waals surface area contributed by atoms with Crippen molar-refractivity contribution in [1.29, 1.82) is 0 Å². The molecule has 9 heavy (non-hydrogen) atoms. The van der Waals surface area contributed by atoms with E-state index in [1.54, 1.807) is 0 Å². The summed E-state index contributed by atoms with van der Waals surface area (Å²) in [6, 6.07) is 0. The lowest BCUT2D eigenvalue weighted by Gasteiger charge is -2.01. The van der Waals surface area contributed by atoms with Gasteiger partial charge in [-0.1, -0.05) is 5.92 Å². The van der Waals surface area contributed by atoms with Gasteiger partial charge in [-0.15, -0.1) is 6.42 Å². The predicted molar refractivity (Wildman–Crippen MR) is 39.1 cm³/mol. The van der Waals surface area contributed by atoms with Crippen molar-refractivity contribution >= 4 is 11.2 Å². The third-order valence-electron chi connectivity index (χ3n) is 1.34. The molecular weight excluding hydrogens is 132 g/mol. The predicted octanol–water partition coefficient (Wildman–Crippen LogP) is 0.902. The van der Waals surface area contributed by atoms with Crippen LogP contribution in [0.4, 0.5) is 0 Å². The standard InChI is InChI=1S/C7H8OS/c1-3-7-4-6(2)9(8)5-7/h1,4,7H,5H2,2H3. The summed E-state index contributed by atoms with van der Waals surface area (Å²) in [5.41, 5.74) is 0. The maximum atomic E-state index is 10.9. The fraction of sp³-hybridized carbons (Fsp3) is 0.429. The first-order valence-electron chi connectivity index (χ1n) is 2.77. The quantitative estimate of drug-likeness (QED) is 0.362. The molecule has 2 atom stereocenters. The zero-order valence-electron chi connectivity index (χ0n) is 5.26. The summed E-state index contributed by atoms with van der Waals surface area (Å²) >= 11 is -0.779. The summed E-state index contributed by atoms with van der Waals surface area (Å²) < 4.78 is 10.9. The van der Waals surface area contributed by atoms with Gasteiger partial charge in [0.15, 0.2) is 0 Å². The molecule has 0 fully saturated rings. The summed E-state index contributed by atoms with van der Waals surface area (Å²) in [4.78, 5) is 0.929. The van der Waals surface area contributed by atoms with Crippen LogP contribution >= 0.6 is 0 Å². The Morgan fingerprint density at radius 1 is 2.00 bits per heavy atom. The van der Waals surface area contributed by atoms with E-state index < -0.39 is 11.2 Å². The second-order valence-electron chi connectivity index (χ2n) is 2.06. The highest BCUT2D eigenvalue weighted by Gasteiger charge is 2.23. The minimum atomic E-state index is -0.779. The van der Waals surface area contributed by atoms with Crippen molar-refractivity contribution in [3.05, 3.63) is 11.0 Å². The molecule has 0 amide bonds. The van der Waals surface area contributed by atoms with Gasteiger partial charge >= 0.3 is 0 Å². The molecule has 1 aliphatic heterocycles. The Morgan fingerprint density at radius 3 is 2.89 bits per heavy atom. The third-order valence-corrected chi connectivity index (χ3v) is 2.86. The lowest BCUT2D eigenvalue weighted by molar-refractivity contribution is 0.601. The van der Waals surface area contributed by atoms with E-state index in [1.165, 1.54) is 0 Å². The van der Waals surface area contributed by atoms with Gasteiger partial charge in [-0.2, -0.15) is 0 Å². The van der Waals surface area contributed by atoms with Gasteiger partial charge in [0.25, 0.3) is 0 Å². The summed E-state index contributed by atoms with van der Waals surface area (Å²) in [5.74, 6) is 3.30. The highest BCUT2D eigenvalue weighted by atomic mass is 32.2. The van der Waals surface area contributed by atoms with Crippen LogP contribution in [-0.2, 0) is 11.2 Å². The molecule has 0 spiro atoms. The van der Waals surface area contributed by atoms with Crippen LogP contribution in [0.1, 0.15) is 6.92 Å². The van der Waals surface area contributed by atoms with Gasteiger partial charge in [-0.25, -0.2) is 0 Å². The zero-order chi connectivity index (χ0) is 6.85. The Hall–Kier alpha value is -0.390. The van der Waals surface area contributed by atoms with E-state index in [0.29, 0.717) is 5.75 Å². The second kappa shape index (κ2) is 2.47. The van der Waals surface area contributed by atoms with Gasteiger partial charge in [0.05, 0.1) is 5.92 Å². The van der Waals surface area contributed by atoms with Crippen LogP contribution < -0.4 is 0 Å². The Bertz CT molecular complexity index is 178. The van der Waals surface area contributed by atoms with Gasteiger partial charge in [0, 0.05) is 6.92 Å². The van der Waals surface area contributed by atoms with Gasteiger partial charge in [-0.05, 0) is 17.3 Å². The monoisotopic (exact) mass is 140 g/mol. The molecule has 2 unspecified atom stereocenters. The van der Waals surface area contributed by atoms with Crippen LogP contribution in [0, 0.1) is 18.3 Å². The largest absolute Gasteiger partial charge is 0.612 e. The minimum Gasteiger partial charge on any atom is -0.612 e. The van der Waals surface area contributed by atoms with Gasteiger partial charge in [0.1, 0.15) is 10.7 Å². The van der Waals surface area contributed by atoms with Crippen LogP contribution in [0.3, 0.4) is 0 Å². The van der Waals surface area contributed by atoms with Crippen molar-refractivity contribution in [2.75, 3.05) is 5.75 Å². The van der Waals surface area contributed by atoms with Crippen molar-refractivity contribution in [2.45, 2.75) is 6.92 Å². The van der Waals surface area contributed by atoms with Gasteiger partial charge in [0.2, 0.25) is 0 Å². The summed E-state index contributed by atoms with van der Waals surface area (Å²) in [6.07, 6.45) is 7.03. The Balaban J connectivity index is 2.65. The van der Waals surface area contributed by atoms with Crippen molar-refractivity contribution in [3.8, 4) is 12.3 Å². The number of terminal acetylenes is 1. The molecule has 1 heterocycles. The molecule has 0 aromatic carbocycles. The Labute approximate surface area is 58.3 Å². The highest BCUT2D eigenvalue weighted by molar-refractivity contribution is 7.95. The maximum absolute atomic E-state index is 10.9. The van der Waals surface area contributed by atoms with E-state index >= 15 is 0 Å². The average Bonchev–Trinajstić information content (AvgIpc) is 2.13. The molecule has 0 aromatic rings. The molecule has 0 saturated carbocycles. The summed E-state index contributed by atoms with van der Waals surface area (Å²) in [6.45, 7) is 1.85. The van der Waals surface area contributed by atoms with Crippen LogP contribution in [-0.4, -0.2) is 10.3 Å². The SMILES string of the molecule is C#CC1C=C(C)[S+]([O-])C1. The van der Waals surface area contributed by atoms with Crippen LogP contribution in [0.15, 0.2) is 11.0 Å². The normalized spacial score (nSPS) is 33.7. The fourth-order valence-electron chi connectivity index (χ4n) is 0.798. The number of rotatable bonds is 0. The van der Waals surface area contributed by atoms with Gasteiger partial charge < -0.3 is 4.55 Å². The highest BCUT2D eigenvalue weighted by Crippen LogP contribution is 2.21. The first-order chi connectivity index (χ1) is 4.24. The van der Waals surface area contributed by atoms with E-state index in [9.17, 15) is 4.55 Å². The molecular formula is C7H8OS. The first kappa shape index (κ1) is 6.73. The molecule has 0 aromatic heterocycles. The lowest BCUT2D eigenvalue weighted by Crippen LogP contribution is -2.04. The number of hydrogen-bond acceptors (Lipinski definition) is 1. The minimum absolute atomic E-state index is 0.117. The molecule has 0 bridgehead atoms. The molecule has 0 saturated heterocycles. The molecule has 48 valence electrons. The number of hydrogen-bond donors (Lipinski definition) is 0. The smallest absolute Gasteiger partial charge is 0.128 e. The zero-order valence-corrected chi connectivity index (χ0v) is 6.07. The molecule has 0 radical (unpaired) electrons. The summed E-state index contributed by atoms with van der Waals surface area (Å²) in [7, 11) is 0. The van der Waals surface area contributed by atoms with Crippen LogP contribution in [0.2, 0.25) is 0 Å². The van der Waals surface area contributed by atoms with Crippen LogP contribution in [0.5, 0.6) is 0 Å². The van der Waals surface area contributed by atoms with E-state index in [1.807, 2.05) is 13.0 Å². The van der Waals surface area contributed by atoms with Crippen molar-refractivity contribution < 1.29 is 4.55 Å². The van der Waals surface area contributed by atoms with E-state index in [2.05, 4.69) is 5.92 Å². The van der Waals surface area contributed by atoms with E-state index in [0.717, 1.165) is 4.91 Å². The molecule has 1 rings (SSSR count). The topological polar surface area (TPSA) is 23.1 Å². The van der Waals surface area contributed by atoms with Gasteiger partial charge in [-0.3, -0.25) is 0 Å². The van der Waals surface area contributed by atoms with Crippen molar-refractivity contribution in [3.63, 3.8) is 0 Å². The Kier molecular flexibility index (Phi) is 1.84. The maximum Gasteiger partial charge on any atom is 0.128 e. The fourth-order valence-corrected chi connectivity index (χ4v) is 1.90. The first-order valence-corrected chi connectivity index (χ1v) is 4.09. The van der Waals surface area contributed by atoms with Crippen molar-refractivity contribution in [1.82, 2.24) is 0 Å². The molecule has 1 aliphatic rings. The van der Waals surface area contributed by atoms with E-state index in [-0.39, 0.29) is 5.92 Å². The lowest BCUT2D eigenvalue weighted by atomic mass is 10.2. The van der Waals surface area contributed by atoms with Crippen LogP contribution in [0.25, 0.3) is 0 Å². The molecule has 1 nitrogen and oxygen atoms in total. The van der Waals surface area contributed by atoms with Crippen molar-refractivity contribution in [2.24, 2.45) is 5.92 Å².